The number of pyridine rings is 1. The van der Waals surface area contributed by atoms with Crippen LogP contribution in [0.3, 0.4) is 0 Å². The summed E-state index contributed by atoms with van der Waals surface area (Å²) in [5, 5.41) is 0. The molecule has 1 aliphatic rings. The van der Waals surface area contributed by atoms with E-state index in [4.69, 9.17) is 18.9 Å². The Morgan fingerprint density at radius 2 is 1.67 bits per heavy atom. The normalized spacial score (nSPS) is 14.3. The molecule has 2 amide bonds. The quantitative estimate of drug-likeness (QED) is 0.216. The fourth-order valence-electron chi connectivity index (χ4n) is 5.06. The van der Waals surface area contributed by atoms with Crippen LogP contribution in [0.15, 0.2) is 67.0 Å². The Morgan fingerprint density at radius 1 is 0.952 bits per heavy atom. The van der Waals surface area contributed by atoms with Crippen molar-refractivity contribution in [2.75, 3.05) is 41.0 Å². The minimum absolute atomic E-state index is 0.000995. The van der Waals surface area contributed by atoms with E-state index in [1.807, 2.05) is 48.7 Å². The first-order chi connectivity index (χ1) is 20.4. The highest BCUT2D eigenvalue weighted by molar-refractivity contribution is 6.43. The van der Waals surface area contributed by atoms with E-state index in [2.05, 4.69) is 4.98 Å². The molecular formula is C32H37N3O7. The van der Waals surface area contributed by atoms with Gasteiger partial charge in [-0.15, -0.1) is 0 Å². The van der Waals surface area contributed by atoms with Crippen molar-refractivity contribution < 1.29 is 33.3 Å². The molecule has 10 nitrogen and oxygen atoms in total. The average Bonchev–Trinajstić information content (AvgIpc) is 3.51. The number of ketones is 1. The highest BCUT2D eigenvalue weighted by Gasteiger charge is 2.35. The second-order valence-corrected chi connectivity index (χ2v) is 9.99. The summed E-state index contributed by atoms with van der Waals surface area (Å²) >= 11 is 0. The van der Waals surface area contributed by atoms with Crippen LogP contribution in [0.5, 0.6) is 17.2 Å². The molecule has 0 bridgehead atoms. The summed E-state index contributed by atoms with van der Waals surface area (Å²) in [5.74, 6) is -0.478. The molecule has 10 heteroatoms. The number of rotatable bonds is 13. The molecule has 0 aliphatic carbocycles. The van der Waals surface area contributed by atoms with Crippen molar-refractivity contribution in [3.8, 4) is 17.2 Å². The van der Waals surface area contributed by atoms with Gasteiger partial charge < -0.3 is 28.7 Å². The van der Waals surface area contributed by atoms with Gasteiger partial charge in [-0.2, -0.15) is 0 Å². The summed E-state index contributed by atoms with van der Waals surface area (Å²) in [4.78, 5) is 47.1. The molecule has 222 valence electrons. The molecule has 0 radical (unpaired) electrons. The van der Waals surface area contributed by atoms with E-state index in [-0.39, 0.29) is 23.7 Å². The third-order valence-corrected chi connectivity index (χ3v) is 7.25. The lowest BCUT2D eigenvalue weighted by Gasteiger charge is -2.27. The van der Waals surface area contributed by atoms with E-state index in [9.17, 15) is 14.4 Å². The van der Waals surface area contributed by atoms with Gasteiger partial charge in [0.05, 0.1) is 27.4 Å². The first-order valence-electron chi connectivity index (χ1n) is 13.9. The van der Waals surface area contributed by atoms with Crippen LogP contribution in [0.25, 0.3) is 0 Å². The molecule has 1 fully saturated rings. The molecule has 0 N–H and O–H groups in total. The average molecular weight is 576 g/mol. The Labute approximate surface area is 246 Å². The fourth-order valence-corrected chi connectivity index (χ4v) is 5.06. The van der Waals surface area contributed by atoms with Crippen molar-refractivity contribution in [3.63, 3.8) is 0 Å². The van der Waals surface area contributed by atoms with Crippen molar-refractivity contribution in [1.82, 2.24) is 14.8 Å². The number of likely N-dealkylation sites (tertiary alicyclic amines) is 1. The van der Waals surface area contributed by atoms with Gasteiger partial charge >= 0.3 is 6.09 Å². The second kappa shape index (κ2) is 14.9. The summed E-state index contributed by atoms with van der Waals surface area (Å²) in [5.41, 5.74) is 2.21. The lowest BCUT2D eigenvalue weighted by Crippen LogP contribution is -2.43. The number of hydrogen-bond donors (Lipinski definition) is 0. The second-order valence-electron chi connectivity index (χ2n) is 9.99. The number of aromatic nitrogens is 1. The summed E-state index contributed by atoms with van der Waals surface area (Å²) in [6, 6.07) is 16.1. The van der Waals surface area contributed by atoms with Crippen molar-refractivity contribution in [1.29, 1.82) is 0 Å². The van der Waals surface area contributed by atoms with Crippen LogP contribution in [-0.2, 0) is 22.5 Å². The zero-order valence-electron chi connectivity index (χ0n) is 24.3. The van der Waals surface area contributed by atoms with Crippen molar-refractivity contribution >= 4 is 17.8 Å². The topological polar surface area (TPSA) is 108 Å². The number of carbonyl (C=O) groups excluding carboxylic acids is 3. The number of aryl methyl sites for hydroxylation is 1. The van der Waals surface area contributed by atoms with E-state index < -0.39 is 23.8 Å². The van der Waals surface area contributed by atoms with Gasteiger partial charge in [-0.3, -0.25) is 14.6 Å². The first kappa shape index (κ1) is 30.4. The summed E-state index contributed by atoms with van der Waals surface area (Å²) in [6.45, 7) is 1.30. The SMILES string of the molecule is COc1cc(C(=O)C(=O)N2CCC[C@H]2COC(=O)N(CCCc2cccnc2)Cc2ccccc2)cc(OC)c1OC. The number of amides is 2. The molecule has 42 heavy (non-hydrogen) atoms. The molecule has 3 aromatic rings. The Bertz CT molecular complexity index is 1330. The number of hydrogen-bond acceptors (Lipinski definition) is 8. The molecule has 0 spiro atoms. The molecule has 4 rings (SSSR count). The standard InChI is InChI=1S/C32H37N3O7/c1-39-27-18-25(19-28(40-2)30(27)41-3)29(36)31(37)35-17-9-14-26(35)22-42-32(38)34(21-24-10-5-4-6-11-24)16-8-13-23-12-7-15-33-20-23/h4-7,10-12,15,18-20,26H,8-9,13-14,16-17,21-22H2,1-3H3/t26-/m0/s1. The van der Waals surface area contributed by atoms with Gasteiger partial charge in [-0.05, 0) is 55.0 Å². The smallest absolute Gasteiger partial charge is 0.410 e. The Kier molecular flexibility index (Phi) is 10.7. The molecule has 0 saturated carbocycles. The highest BCUT2D eigenvalue weighted by Crippen LogP contribution is 2.38. The van der Waals surface area contributed by atoms with Gasteiger partial charge in [-0.1, -0.05) is 36.4 Å². The predicted molar refractivity (Wildman–Crippen MR) is 156 cm³/mol. The lowest BCUT2D eigenvalue weighted by molar-refractivity contribution is -0.128. The maximum atomic E-state index is 13.3. The largest absolute Gasteiger partial charge is 0.493 e. The number of ether oxygens (including phenoxy) is 4. The zero-order valence-corrected chi connectivity index (χ0v) is 24.3. The van der Waals surface area contributed by atoms with Crippen LogP contribution in [0.2, 0.25) is 0 Å². The third kappa shape index (κ3) is 7.57. The molecule has 1 saturated heterocycles. The minimum atomic E-state index is -0.700. The Balaban J connectivity index is 1.40. The highest BCUT2D eigenvalue weighted by atomic mass is 16.6. The van der Waals surface area contributed by atoms with Crippen molar-refractivity contribution in [2.24, 2.45) is 0 Å². The van der Waals surface area contributed by atoms with Gasteiger partial charge in [-0.25, -0.2) is 4.79 Å². The number of Topliss-reactive ketones (excluding diaryl/α,β-unsaturated/α-hetero) is 1. The van der Waals surface area contributed by atoms with E-state index in [0.717, 1.165) is 24.0 Å². The van der Waals surface area contributed by atoms with Crippen LogP contribution < -0.4 is 14.2 Å². The van der Waals surface area contributed by atoms with Crippen molar-refractivity contribution in [3.05, 3.63) is 83.7 Å². The van der Waals surface area contributed by atoms with Gasteiger partial charge in [0.1, 0.15) is 6.61 Å². The van der Waals surface area contributed by atoms with Crippen LogP contribution in [0.4, 0.5) is 4.79 Å². The molecule has 2 heterocycles. The van der Waals surface area contributed by atoms with Gasteiger partial charge in [0.2, 0.25) is 5.75 Å². The minimum Gasteiger partial charge on any atom is -0.493 e. The Morgan fingerprint density at radius 3 is 2.31 bits per heavy atom. The van der Waals surface area contributed by atoms with E-state index in [1.165, 1.54) is 38.4 Å². The lowest BCUT2D eigenvalue weighted by atomic mass is 10.1. The number of methoxy groups -OCH3 is 3. The third-order valence-electron chi connectivity index (χ3n) is 7.25. The zero-order chi connectivity index (χ0) is 29.9. The van der Waals surface area contributed by atoms with Gasteiger partial charge in [0.15, 0.2) is 11.5 Å². The summed E-state index contributed by atoms with van der Waals surface area (Å²) in [6.07, 6.45) is 5.95. The van der Waals surface area contributed by atoms with Crippen LogP contribution in [0.1, 0.15) is 40.7 Å². The van der Waals surface area contributed by atoms with Gasteiger partial charge in [0, 0.05) is 37.6 Å². The van der Waals surface area contributed by atoms with E-state index >= 15 is 0 Å². The number of carbonyl (C=O) groups is 3. The molecule has 1 atom stereocenters. The maximum Gasteiger partial charge on any atom is 0.410 e. The van der Waals surface area contributed by atoms with Crippen LogP contribution >= 0.6 is 0 Å². The molecule has 2 aromatic carbocycles. The summed E-state index contributed by atoms with van der Waals surface area (Å²) < 4.78 is 21.7. The molecule has 1 aliphatic heterocycles. The van der Waals surface area contributed by atoms with E-state index in [1.54, 1.807) is 11.1 Å². The van der Waals surface area contributed by atoms with Crippen LogP contribution in [0, 0.1) is 0 Å². The van der Waals surface area contributed by atoms with Gasteiger partial charge in [0.25, 0.3) is 11.7 Å². The maximum absolute atomic E-state index is 13.3. The number of benzene rings is 2. The molecular weight excluding hydrogens is 538 g/mol. The predicted octanol–water partition coefficient (Wildman–Crippen LogP) is 4.55. The Hall–Kier alpha value is -4.60. The molecule has 1 aromatic heterocycles. The monoisotopic (exact) mass is 575 g/mol. The summed E-state index contributed by atoms with van der Waals surface area (Å²) in [7, 11) is 4.35. The fraction of sp³-hybridized carbons (Fsp3) is 0.375. The molecule has 0 unspecified atom stereocenters. The first-order valence-corrected chi connectivity index (χ1v) is 13.9. The van der Waals surface area contributed by atoms with E-state index in [0.29, 0.717) is 38.2 Å². The van der Waals surface area contributed by atoms with Crippen LogP contribution in [-0.4, -0.2) is 79.6 Å². The number of nitrogens with zero attached hydrogens (tertiary/aromatic N) is 3. The van der Waals surface area contributed by atoms with Crippen molar-refractivity contribution in [2.45, 2.75) is 38.3 Å².